The molecule has 0 saturated heterocycles. The van der Waals surface area contributed by atoms with Gasteiger partial charge in [-0.1, -0.05) is 40.2 Å². The third-order valence-corrected chi connectivity index (χ3v) is 4.02. The number of aliphatic hydroxyl groups is 1. The maximum Gasteiger partial charge on any atom is 0.252 e. The minimum absolute atomic E-state index is 0.0254. The quantitative estimate of drug-likeness (QED) is 0.825. The summed E-state index contributed by atoms with van der Waals surface area (Å²) in [5, 5.41) is 11.8. The molecule has 0 aliphatic rings. The second kappa shape index (κ2) is 7.02. The molecule has 2 aromatic rings. The van der Waals surface area contributed by atoms with Crippen molar-refractivity contribution >= 4 is 37.8 Å². The zero-order valence-electron chi connectivity index (χ0n) is 10.6. The molecule has 1 amide bonds. The molecular weight excluding hydrogens is 386 g/mol. The van der Waals surface area contributed by atoms with Crippen molar-refractivity contribution < 1.29 is 9.90 Å². The zero-order valence-corrected chi connectivity index (χ0v) is 13.7. The van der Waals surface area contributed by atoms with Crippen molar-refractivity contribution in [1.29, 1.82) is 0 Å². The summed E-state index contributed by atoms with van der Waals surface area (Å²) in [6.07, 6.45) is 0. The molecule has 0 saturated carbocycles. The number of carbonyl (C=O) groups excluding carboxylic acids is 1. The number of nitrogens with one attached hydrogen (secondary N) is 1. The van der Waals surface area contributed by atoms with Gasteiger partial charge in [0.05, 0.1) is 12.2 Å². The highest BCUT2D eigenvalue weighted by Gasteiger charge is 2.10. The van der Waals surface area contributed by atoms with Crippen LogP contribution in [0, 0.1) is 0 Å². The summed E-state index contributed by atoms with van der Waals surface area (Å²) in [6, 6.07) is 12.9. The van der Waals surface area contributed by atoms with E-state index in [0.29, 0.717) is 12.1 Å². The lowest BCUT2D eigenvalue weighted by Crippen LogP contribution is -2.23. The Morgan fingerprint density at radius 2 is 1.70 bits per heavy atom. The van der Waals surface area contributed by atoms with Crippen molar-refractivity contribution in [2.45, 2.75) is 13.2 Å². The Kier molecular flexibility index (Phi) is 5.34. The average Bonchev–Trinajstić information content (AvgIpc) is 2.47. The van der Waals surface area contributed by atoms with Gasteiger partial charge in [-0.25, -0.2) is 0 Å². The van der Waals surface area contributed by atoms with Crippen molar-refractivity contribution in [2.24, 2.45) is 0 Å². The molecule has 104 valence electrons. The van der Waals surface area contributed by atoms with E-state index >= 15 is 0 Å². The number of hydrogen-bond acceptors (Lipinski definition) is 2. The van der Waals surface area contributed by atoms with Crippen LogP contribution in [0.5, 0.6) is 0 Å². The molecule has 0 aliphatic heterocycles. The second-order valence-electron chi connectivity index (χ2n) is 4.28. The van der Waals surface area contributed by atoms with E-state index in [1.165, 1.54) is 0 Å². The maximum absolute atomic E-state index is 12.1. The fourth-order valence-electron chi connectivity index (χ4n) is 1.71. The number of amides is 1. The minimum atomic E-state index is -0.135. The molecule has 0 aliphatic carbocycles. The Labute approximate surface area is 134 Å². The van der Waals surface area contributed by atoms with Gasteiger partial charge in [-0.3, -0.25) is 4.79 Å². The molecule has 2 rings (SSSR count). The molecule has 0 atom stereocenters. The van der Waals surface area contributed by atoms with Crippen LogP contribution in [0.15, 0.2) is 51.4 Å². The number of aliphatic hydroxyl groups excluding tert-OH is 1. The molecular formula is C15H13Br2NO2. The van der Waals surface area contributed by atoms with E-state index in [2.05, 4.69) is 37.2 Å². The van der Waals surface area contributed by atoms with Crippen LogP contribution in [0.1, 0.15) is 21.5 Å². The Balaban J connectivity index is 2.02. The van der Waals surface area contributed by atoms with Crippen LogP contribution in [0.2, 0.25) is 0 Å². The topological polar surface area (TPSA) is 49.3 Å². The van der Waals surface area contributed by atoms with E-state index in [1.807, 2.05) is 36.4 Å². The van der Waals surface area contributed by atoms with E-state index in [4.69, 9.17) is 5.11 Å². The number of halogens is 2. The number of carbonyl (C=O) groups is 1. The normalized spacial score (nSPS) is 10.3. The van der Waals surface area contributed by atoms with Gasteiger partial charge in [0.2, 0.25) is 0 Å². The molecule has 0 heterocycles. The molecule has 0 bridgehead atoms. The lowest BCUT2D eigenvalue weighted by atomic mass is 10.1. The van der Waals surface area contributed by atoms with E-state index in [9.17, 15) is 4.79 Å². The molecule has 2 aromatic carbocycles. The predicted molar refractivity (Wildman–Crippen MR) is 85.4 cm³/mol. The van der Waals surface area contributed by atoms with Crippen LogP contribution in [0.4, 0.5) is 0 Å². The van der Waals surface area contributed by atoms with Gasteiger partial charge in [0.1, 0.15) is 0 Å². The van der Waals surface area contributed by atoms with Gasteiger partial charge in [-0.15, -0.1) is 0 Å². The first-order valence-corrected chi connectivity index (χ1v) is 7.60. The van der Waals surface area contributed by atoms with Gasteiger partial charge in [-0.2, -0.15) is 0 Å². The van der Waals surface area contributed by atoms with Crippen LogP contribution in [-0.4, -0.2) is 11.0 Å². The molecule has 0 aromatic heterocycles. The average molecular weight is 399 g/mol. The first-order chi connectivity index (χ1) is 9.60. The summed E-state index contributed by atoms with van der Waals surface area (Å²) in [5.41, 5.74) is 2.43. The maximum atomic E-state index is 12.1. The van der Waals surface area contributed by atoms with Gasteiger partial charge in [-0.05, 0) is 45.3 Å². The van der Waals surface area contributed by atoms with Crippen molar-refractivity contribution in [3.63, 3.8) is 0 Å². The third-order valence-electron chi connectivity index (χ3n) is 2.83. The van der Waals surface area contributed by atoms with Crippen molar-refractivity contribution in [1.82, 2.24) is 5.32 Å². The van der Waals surface area contributed by atoms with E-state index < -0.39 is 0 Å². The van der Waals surface area contributed by atoms with Gasteiger partial charge >= 0.3 is 0 Å². The summed E-state index contributed by atoms with van der Waals surface area (Å²) >= 11 is 6.72. The van der Waals surface area contributed by atoms with E-state index in [1.54, 1.807) is 6.07 Å². The Morgan fingerprint density at radius 1 is 1.05 bits per heavy atom. The van der Waals surface area contributed by atoms with Crippen LogP contribution in [-0.2, 0) is 13.2 Å². The largest absolute Gasteiger partial charge is 0.392 e. The number of benzene rings is 2. The zero-order chi connectivity index (χ0) is 14.5. The van der Waals surface area contributed by atoms with Crippen molar-refractivity contribution in [3.8, 4) is 0 Å². The minimum Gasteiger partial charge on any atom is -0.392 e. The molecule has 5 heteroatoms. The highest BCUT2D eigenvalue weighted by Crippen LogP contribution is 2.21. The van der Waals surface area contributed by atoms with E-state index in [-0.39, 0.29) is 12.5 Å². The highest BCUT2D eigenvalue weighted by molar-refractivity contribution is 9.11. The van der Waals surface area contributed by atoms with Crippen LogP contribution in [0.25, 0.3) is 0 Å². The van der Waals surface area contributed by atoms with Crippen LogP contribution in [0.3, 0.4) is 0 Å². The molecule has 0 spiro atoms. The Bertz CT molecular complexity index is 612. The van der Waals surface area contributed by atoms with E-state index in [0.717, 1.165) is 20.1 Å². The summed E-state index contributed by atoms with van der Waals surface area (Å²) in [5.74, 6) is -0.135. The first-order valence-electron chi connectivity index (χ1n) is 6.02. The fourth-order valence-corrected chi connectivity index (χ4v) is 2.50. The fraction of sp³-hybridized carbons (Fsp3) is 0.133. The lowest BCUT2D eigenvalue weighted by Gasteiger charge is -2.08. The molecule has 0 radical (unpaired) electrons. The van der Waals surface area contributed by atoms with Gasteiger partial charge in [0.25, 0.3) is 5.91 Å². The van der Waals surface area contributed by atoms with Crippen LogP contribution < -0.4 is 5.32 Å². The van der Waals surface area contributed by atoms with Crippen molar-refractivity contribution in [2.75, 3.05) is 0 Å². The monoisotopic (exact) mass is 397 g/mol. The molecule has 20 heavy (non-hydrogen) atoms. The van der Waals surface area contributed by atoms with Gasteiger partial charge < -0.3 is 10.4 Å². The Hall–Kier alpha value is -1.17. The highest BCUT2D eigenvalue weighted by atomic mass is 79.9. The molecule has 0 fully saturated rings. The summed E-state index contributed by atoms with van der Waals surface area (Å²) in [7, 11) is 0. The third kappa shape index (κ3) is 3.91. The standard InChI is InChI=1S/C15H13Br2NO2/c16-12-5-6-14(17)13(7-12)15(20)18-8-10-1-3-11(9-19)4-2-10/h1-7,19H,8-9H2,(H,18,20). The van der Waals surface area contributed by atoms with Gasteiger partial charge in [0.15, 0.2) is 0 Å². The lowest BCUT2D eigenvalue weighted by molar-refractivity contribution is 0.0950. The number of hydrogen-bond donors (Lipinski definition) is 2. The van der Waals surface area contributed by atoms with Gasteiger partial charge in [0, 0.05) is 15.5 Å². The van der Waals surface area contributed by atoms with Crippen LogP contribution >= 0.6 is 31.9 Å². The molecule has 2 N–H and O–H groups in total. The summed E-state index contributed by atoms with van der Waals surface area (Å²) < 4.78 is 1.62. The summed E-state index contributed by atoms with van der Waals surface area (Å²) in [4.78, 5) is 12.1. The first kappa shape index (κ1) is 15.2. The smallest absolute Gasteiger partial charge is 0.252 e. The molecule has 0 unspecified atom stereocenters. The SMILES string of the molecule is O=C(NCc1ccc(CO)cc1)c1cc(Br)ccc1Br. The second-order valence-corrected chi connectivity index (χ2v) is 6.05. The Morgan fingerprint density at radius 3 is 2.35 bits per heavy atom. The van der Waals surface area contributed by atoms with Crippen molar-refractivity contribution in [3.05, 3.63) is 68.1 Å². The predicted octanol–water partition coefficient (Wildman–Crippen LogP) is 3.63. The molecule has 3 nitrogen and oxygen atoms in total. The summed E-state index contributed by atoms with van der Waals surface area (Å²) in [6.45, 7) is 0.473. The number of rotatable bonds is 4.